The summed E-state index contributed by atoms with van der Waals surface area (Å²) in [7, 11) is 1.78. The highest BCUT2D eigenvalue weighted by Gasteiger charge is 2.34. The van der Waals surface area contributed by atoms with E-state index in [-0.39, 0.29) is 24.0 Å². The largest absolute Gasteiger partial charge is 0.442 e. The molecule has 120 valence electrons. The first-order chi connectivity index (χ1) is 10.6. The minimum absolute atomic E-state index is 0.0923. The molecule has 1 saturated heterocycles. The lowest BCUT2D eigenvalue weighted by molar-refractivity contribution is -0.126. The summed E-state index contributed by atoms with van der Waals surface area (Å²) in [6, 6.07) is 1.77. The Bertz CT molecular complexity index is 551. The van der Waals surface area contributed by atoms with Crippen molar-refractivity contribution in [1.82, 2.24) is 15.1 Å². The number of amides is 2. The second kappa shape index (κ2) is 6.37. The maximum absolute atomic E-state index is 12.1. The van der Waals surface area contributed by atoms with Crippen LogP contribution < -0.4 is 10.2 Å². The van der Waals surface area contributed by atoms with Crippen LogP contribution in [0.4, 0.5) is 10.6 Å². The number of aromatic nitrogens is 2. The van der Waals surface area contributed by atoms with E-state index < -0.39 is 0 Å². The molecule has 0 bridgehead atoms. The van der Waals surface area contributed by atoms with Crippen molar-refractivity contribution in [2.45, 2.75) is 38.2 Å². The SMILES string of the molecule is Cn1nccc1N1CC(CNC(=O)C2CCCCC2)OC1=O. The molecule has 0 aromatic carbocycles. The van der Waals surface area contributed by atoms with Crippen molar-refractivity contribution >= 4 is 17.8 Å². The predicted molar refractivity (Wildman–Crippen MR) is 80.4 cm³/mol. The number of hydrogen-bond acceptors (Lipinski definition) is 4. The zero-order valence-corrected chi connectivity index (χ0v) is 12.8. The van der Waals surface area contributed by atoms with E-state index in [2.05, 4.69) is 10.4 Å². The van der Waals surface area contributed by atoms with Gasteiger partial charge in [-0.05, 0) is 12.8 Å². The van der Waals surface area contributed by atoms with Crippen LogP contribution in [0.1, 0.15) is 32.1 Å². The van der Waals surface area contributed by atoms with Gasteiger partial charge in [-0.2, -0.15) is 5.10 Å². The van der Waals surface area contributed by atoms with Gasteiger partial charge in [0.2, 0.25) is 5.91 Å². The molecule has 2 amide bonds. The fourth-order valence-electron chi connectivity index (χ4n) is 3.17. The lowest BCUT2D eigenvalue weighted by Gasteiger charge is -2.21. The number of hydrogen-bond donors (Lipinski definition) is 1. The molecule has 3 rings (SSSR count). The van der Waals surface area contributed by atoms with Gasteiger partial charge in [0.05, 0.1) is 19.3 Å². The number of nitrogens with zero attached hydrogens (tertiary/aromatic N) is 3. The molecule has 1 saturated carbocycles. The quantitative estimate of drug-likeness (QED) is 0.913. The molecule has 1 N–H and O–H groups in total. The molecule has 22 heavy (non-hydrogen) atoms. The Balaban J connectivity index is 1.51. The minimum Gasteiger partial charge on any atom is -0.442 e. The normalized spacial score (nSPS) is 22.7. The van der Waals surface area contributed by atoms with E-state index in [0.29, 0.717) is 18.9 Å². The molecule has 2 heterocycles. The van der Waals surface area contributed by atoms with Gasteiger partial charge in [0.1, 0.15) is 11.9 Å². The second-order valence-electron chi connectivity index (χ2n) is 6.01. The maximum atomic E-state index is 12.1. The van der Waals surface area contributed by atoms with Crippen LogP contribution in [-0.4, -0.2) is 41.0 Å². The van der Waals surface area contributed by atoms with Crippen molar-refractivity contribution in [3.05, 3.63) is 12.3 Å². The van der Waals surface area contributed by atoms with Crippen LogP contribution in [0, 0.1) is 5.92 Å². The van der Waals surface area contributed by atoms with Gasteiger partial charge in [-0.1, -0.05) is 19.3 Å². The van der Waals surface area contributed by atoms with E-state index in [4.69, 9.17) is 4.74 Å². The van der Waals surface area contributed by atoms with E-state index in [1.165, 1.54) is 6.42 Å². The first-order valence-corrected chi connectivity index (χ1v) is 7.89. The number of aryl methyl sites for hydroxylation is 1. The van der Waals surface area contributed by atoms with E-state index in [0.717, 1.165) is 25.7 Å². The van der Waals surface area contributed by atoms with Crippen LogP contribution in [0.2, 0.25) is 0 Å². The average molecular weight is 306 g/mol. The molecule has 0 spiro atoms. The minimum atomic E-state index is -0.388. The lowest BCUT2D eigenvalue weighted by Crippen LogP contribution is -2.38. The smallest absolute Gasteiger partial charge is 0.416 e. The lowest BCUT2D eigenvalue weighted by atomic mass is 9.88. The van der Waals surface area contributed by atoms with Gasteiger partial charge >= 0.3 is 6.09 Å². The molecule has 1 aromatic heterocycles. The van der Waals surface area contributed by atoms with Crippen molar-refractivity contribution in [2.24, 2.45) is 13.0 Å². The number of cyclic esters (lactones) is 1. The molecule has 2 aliphatic rings. The third kappa shape index (κ3) is 3.08. The van der Waals surface area contributed by atoms with Gasteiger partial charge in [-0.15, -0.1) is 0 Å². The summed E-state index contributed by atoms with van der Waals surface area (Å²) in [6.45, 7) is 0.804. The van der Waals surface area contributed by atoms with Gasteiger partial charge < -0.3 is 10.1 Å². The Morgan fingerprint density at radius 1 is 1.41 bits per heavy atom. The zero-order chi connectivity index (χ0) is 15.5. The molecule has 1 aliphatic carbocycles. The number of ether oxygens (including phenoxy) is 1. The Hall–Kier alpha value is -2.05. The Morgan fingerprint density at radius 3 is 2.86 bits per heavy atom. The summed E-state index contributed by atoms with van der Waals surface area (Å²) in [4.78, 5) is 25.6. The summed E-state index contributed by atoms with van der Waals surface area (Å²) in [5.41, 5.74) is 0. The van der Waals surface area contributed by atoms with Crippen molar-refractivity contribution in [1.29, 1.82) is 0 Å². The van der Waals surface area contributed by atoms with Crippen molar-refractivity contribution in [3.8, 4) is 0 Å². The highest BCUT2D eigenvalue weighted by atomic mass is 16.6. The van der Waals surface area contributed by atoms with Crippen LogP contribution in [0.15, 0.2) is 12.3 Å². The van der Waals surface area contributed by atoms with Crippen LogP contribution in [0.25, 0.3) is 0 Å². The summed E-state index contributed by atoms with van der Waals surface area (Å²) in [6.07, 6.45) is 6.37. The van der Waals surface area contributed by atoms with Gasteiger partial charge in [-0.3, -0.25) is 14.4 Å². The molecule has 0 radical (unpaired) electrons. The Kier molecular flexibility index (Phi) is 4.31. The van der Waals surface area contributed by atoms with E-state index >= 15 is 0 Å². The summed E-state index contributed by atoms with van der Waals surface area (Å²) in [5.74, 6) is 0.917. The summed E-state index contributed by atoms with van der Waals surface area (Å²) < 4.78 is 6.95. The molecule has 7 heteroatoms. The average Bonchev–Trinajstić information content (AvgIpc) is 3.11. The molecule has 1 atom stereocenters. The standard InChI is InChI=1S/C15H22N4O3/c1-18-13(7-8-17-18)19-10-12(22-15(19)21)9-16-14(20)11-5-3-2-4-6-11/h7-8,11-12H,2-6,9-10H2,1H3,(H,16,20). The fraction of sp³-hybridized carbons (Fsp3) is 0.667. The van der Waals surface area contributed by atoms with Gasteiger partial charge in [-0.25, -0.2) is 4.79 Å². The summed E-state index contributed by atoms with van der Waals surface area (Å²) in [5, 5.41) is 6.98. The maximum Gasteiger partial charge on any atom is 0.416 e. The monoisotopic (exact) mass is 306 g/mol. The Morgan fingerprint density at radius 2 is 2.18 bits per heavy atom. The van der Waals surface area contributed by atoms with Crippen LogP contribution in [0.3, 0.4) is 0 Å². The van der Waals surface area contributed by atoms with Crippen molar-refractivity contribution in [2.75, 3.05) is 18.0 Å². The molecule has 2 fully saturated rings. The van der Waals surface area contributed by atoms with E-state index in [1.807, 2.05) is 0 Å². The molecule has 7 nitrogen and oxygen atoms in total. The van der Waals surface area contributed by atoms with Gasteiger partial charge in [0, 0.05) is 19.0 Å². The summed E-state index contributed by atoms with van der Waals surface area (Å²) >= 11 is 0. The third-order valence-electron chi connectivity index (χ3n) is 4.43. The number of rotatable bonds is 4. The molecule has 1 aliphatic heterocycles. The fourth-order valence-corrected chi connectivity index (χ4v) is 3.17. The van der Waals surface area contributed by atoms with Crippen LogP contribution in [-0.2, 0) is 16.6 Å². The van der Waals surface area contributed by atoms with Crippen molar-refractivity contribution in [3.63, 3.8) is 0 Å². The molecule has 1 aromatic rings. The number of anilines is 1. The molecule has 1 unspecified atom stereocenters. The second-order valence-corrected chi connectivity index (χ2v) is 6.01. The topological polar surface area (TPSA) is 76.5 Å². The van der Waals surface area contributed by atoms with Gasteiger partial charge in [0.15, 0.2) is 0 Å². The van der Waals surface area contributed by atoms with E-state index in [9.17, 15) is 9.59 Å². The first kappa shape index (κ1) is 14.9. The zero-order valence-electron chi connectivity index (χ0n) is 12.8. The number of nitrogens with one attached hydrogen (secondary N) is 1. The van der Waals surface area contributed by atoms with Crippen LogP contribution >= 0.6 is 0 Å². The van der Waals surface area contributed by atoms with Gasteiger partial charge in [0.25, 0.3) is 0 Å². The molecular weight excluding hydrogens is 284 g/mol. The first-order valence-electron chi connectivity index (χ1n) is 7.89. The number of carbonyl (C=O) groups is 2. The highest BCUT2D eigenvalue weighted by Crippen LogP contribution is 2.24. The Labute approximate surface area is 129 Å². The number of carbonyl (C=O) groups excluding carboxylic acids is 2. The van der Waals surface area contributed by atoms with Crippen LogP contribution in [0.5, 0.6) is 0 Å². The predicted octanol–water partition coefficient (Wildman–Crippen LogP) is 1.44. The highest BCUT2D eigenvalue weighted by molar-refractivity contribution is 5.88. The molecular formula is C15H22N4O3. The van der Waals surface area contributed by atoms with Crippen molar-refractivity contribution < 1.29 is 14.3 Å². The third-order valence-corrected chi connectivity index (χ3v) is 4.43. The van der Waals surface area contributed by atoms with E-state index in [1.54, 1.807) is 28.9 Å².